The third kappa shape index (κ3) is 7.36. The number of ether oxygens (including phenoxy) is 2. The molecule has 2 aromatic rings. The van der Waals surface area contributed by atoms with E-state index in [-0.39, 0.29) is 37.0 Å². The molecule has 0 fully saturated rings. The molecule has 0 spiro atoms. The minimum absolute atomic E-state index is 0.0827. The molecule has 1 heterocycles. The molecule has 0 radical (unpaired) electrons. The van der Waals surface area contributed by atoms with Gasteiger partial charge in [0.2, 0.25) is 10.0 Å². The molecule has 0 atom stereocenters. The summed E-state index contributed by atoms with van der Waals surface area (Å²) >= 11 is 0. The molecule has 1 amide bonds. The smallest absolute Gasteiger partial charge is 0.491 e. The summed E-state index contributed by atoms with van der Waals surface area (Å²) < 4.78 is 73.4. The number of carbonyl (C=O) groups excluding carboxylic acids is 1. The summed E-state index contributed by atoms with van der Waals surface area (Å²) in [5.41, 5.74) is 1.54. The lowest BCUT2D eigenvalue weighted by Gasteiger charge is -2.20. The summed E-state index contributed by atoms with van der Waals surface area (Å²) in [6.07, 6.45) is -2.84. The number of nitrogens with one attached hydrogen (secondary N) is 1. The number of alkyl halides is 3. The SMILES string of the molecule is CCCCNS(=O)(=O)CCCN1CCOc2ccc(-c3ccc(OC(F)(F)F)cc3)cc2C1=O. The number of rotatable bonds is 10. The number of sulfonamides is 1. The van der Waals surface area contributed by atoms with Crippen LogP contribution in [0.5, 0.6) is 11.5 Å². The van der Waals surface area contributed by atoms with E-state index in [1.165, 1.54) is 24.3 Å². The zero-order chi connectivity index (χ0) is 24.8. The molecule has 0 aliphatic carbocycles. The Morgan fingerprint density at radius 2 is 1.79 bits per heavy atom. The molecule has 34 heavy (non-hydrogen) atoms. The van der Waals surface area contributed by atoms with Gasteiger partial charge in [-0.1, -0.05) is 31.5 Å². The van der Waals surface area contributed by atoms with Crippen LogP contribution in [-0.4, -0.2) is 57.6 Å². The molecule has 1 aliphatic rings. The average Bonchev–Trinajstić information content (AvgIpc) is 2.92. The van der Waals surface area contributed by atoms with Crippen LogP contribution in [0.25, 0.3) is 11.1 Å². The zero-order valence-electron chi connectivity index (χ0n) is 18.7. The highest BCUT2D eigenvalue weighted by Gasteiger charge is 2.31. The van der Waals surface area contributed by atoms with E-state index in [1.54, 1.807) is 23.1 Å². The first-order chi connectivity index (χ1) is 16.1. The molecule has 7 nitrogen and oxygen atoms in total. The largest absolute Gasteiger partial charge is 0.573 e. The maximum atomic E-state index is 13.1. The molecule has 186 valence electrons. The van der Waals surface area contributed by atoms with Crippen LogP contribution in [0.2, 0.25) is 0 Å². The number of hydrogen-bond acceptors (Lipinski definition) is 5. The van der Waals surface area contributed by atoms with Crippen LogP contribution in [0, 0.1) is 0 Å². The molecule has 1 N–H and O–H groups in total. The fourth-order valence-electron chi connectivity index (χ4n) is 3.52. The Hall–Kier alpha value is -2.79. The van der Waals surface area contributed by atoms with Gasteiger partial charge in [-0.2, -0.15) is 0 Å². The summed E-state index contributed by atoms with van der Waals surface area (Å²) in [4.78, 5) is 14.7. The second-order valence-electron chi connectivity index (χ2n) is 7.84. The average molecular weight is 501 g/mol. The highest BCUT2D eigenvalue weighted by Crippen LogP contribution is 2.31. The molecular formula is C23H27F3N2O5S. The first-order valence-electron chi connectivity index (χ1n) is 11.0. The number of carbonyl (C=O) groups is 1. The Labute approximate surface area is 196 Å². The van der Waals surface area contributed by atoms with Gasteiger partial charge in [0.25, 0.3) is 5.91 Å². The molecule has 2 aromatic carbocycles. The van der Waals surface area contributed by atoms with E-state index in [4.69, 9.17) is 4.74 Å². The van der Waals surface area contributed by atoms with Gasteiger partial charge in [-0.05, 0) is 48.2 Å². The van der Waals surface area contributed by atoms with Crippen LogP contribution in [0.15, 0.2) is 42.5 Å². The summed E-state index contributed by atoms with van der Waals surface area (Å²) in [6.45, 7) is 3.21. The Bertz CT molecular complexity index is 1090. The minimum atomic E-state index is -4.77. The monoisotopic (exact) mass is 500 g/mol. The van der Waals surface area contributed by atoms with Gasteiger partial charge < -0.3 is 14.4 Å². The van der Waals surface area contributed by atoms with Crippen LogP contribution in [-0.2, 0) is 10.0 Å². The van der Waals surface area contributed by atoms with Gasteiger partial charge in [0.05, 0.1) is 17.9 Å². The Balaban J connectivity index is 1.69. The van der Waals surface area contributed by atoms with E-state index in [2.05, 4.69) is 9.46 Å². The van der Waals surface area contributed by atoms with Crippen molar-refractivity contribution >= 4 is 15.9 Å². The van der Waals surface area contributed by atoms with Crippen molar-refractivity contribution in [2.45, 2.75) is 32.5 Å². The number of benzene rings is 2. The maximum absolute atomic E-state index is 13.1. The third-order valence-electron chi connectivity index (χ3n) is 5.23. The van der Waals surface area contributed by atoms with Gasteiger partial charge >= 0.3 is 6.36 Å². The van der Waals surface area contributed by atoms with Gasteiger partial charge in [0.15, 0.2) is 0 Å². The van der Waals surface area contributed by atoms with Crippen molar-refractivity contribution in [1.29, 1.82) is 0 Å². The lowest BCUT2D eigenvalue weighted by molar-refractivity contribution is -0.274. The lowest BCUT2D eigenvalue weighted by Crippen LogP contribution is -2.35. The predicted octanol–water partition coefficient (Wildman–Crippen LogP) is 4.20. The van der Waals surface area contributed by atoms with Crippen LogP contribution in [0.3, 0.4) is 0 Å². The zero-order valence-corrected chi connectivity index (χ0v) is 19.5. The van der Waals surface area contributed by atoms with Crippen molar-refractivity contribution in [3.05, 3.63) is 48.0 Å². The van der Waals surface area contributed by atoms with Gasteiger partial charge in [0, 0.05) is 13.1 Å². The standard InChI is InChI=1S/C23H27F3N2O5S/c1-2-3-11-27-34(30,31)15-4-12-28-13-14-32-21-10-7-18(16-20(21)22(28)29)17-5-8-19(9-6-17)33-23(24,25)26/h5-10,16,27H,2-4,11-15H2,1H3. The quantitative estimate of drug-likeness (QED) is 0.495. The first kappa shape index (κ1) is 25.8. The molecule has 11 heteroatoms. The minimum Gasteiger partial charge on any atom is -0.491 e. The van der Waals surface area contributed by atoms with Gasteiger partial charge in [0.1, 0.15) is 18.1 Å². The topological polar surface area (TPSA) is 84.9 Å². The Kier molecular flexibility index (Phi) is 8.42. The van der Waals surface area contributed by atoms with Crippen molar-refractivity contribution in [2.24, 2.45) is 0 Å². The normalized spacial score (nSPS) is 14.4. The fraction of sp³-hybridized carbons (Fsp3) is 0.435. The van der Waals surface area contributed by atoms with Crippen LogP contribution in [0.1, 0.15) is 36.5 Å². The Morgan fingerprint density at radius 3 is 2.47 bits per heavy atom. The molecule has 0 bridgehead atoms. The predicted molar refractivity (Wildman–Crippen MR) is 121 cm³/mol. The second kappa shape index (κ2) is 11.1. The van der Waals surface area contributed by atoms with Crippen LogP contribution in [0.4, 0.5) is 13.2 Å². The fourth-order valence-corrected chi connectivity index (χ4v) is 4.63. The lowest BCUT2D eigenvalue weighted by atomic mass is 10.0. The van der Waals surface area contributed by atoms with E-state index in [1.807, 2.05) is 6.92 Å². The van der Waals surface area contributed by atoms with Crippen molar-refractivity contribution in [3.8, 4) is 22.6 Å². The third-order valence-corrected chi connectivity index (χ3v) is 6.70. The van der Waals surface area contributed by atoms with Crippen molar-refractivity contribution in [3.63, 3.8) is 0 Å². The summed E-state index contributed by atoms with van der Waals surface area (Å²) in [5.74, 6) is -0.304. The van der Waals surface area contributed by atoms with Crippen LogP contribution < -0.4 is 14.2 Å². The van der Waals surface area contributed by atoms with E-state index < -0.39 is 16.4 Å². The number of halogens is 3. The van der Waals surface area contributed by atoms with E-state index >= 15 is 0 Å². The molecule has 1 aliphatic heterocycles. The van der Waals surface area contributed by atoms with Gasteiger partial charge in [-0.15, -0.1) is 13.2 Å². The Morgan fingerprint density at radius 1 is 1.09 bits per heavy atom. The highest BCUT2D eigenvalue weighted by molar-refractivity contribution is 7.89. The molecular weight excluding hydrogens is 473 g/mol. The summed E-state index contributed by atoms with van der Waals surface area (Å²) in [6, 6.07) is 10.3. The maximum Gasteiger partial charge on any atom is 0.573 e. The summed E-state index contributed by atoms with van der Waals surface area (Å²) in [5, 5.41) is 0. The van der Waals surface area contributed by atoms with Gasteiger partial charge in [-0.3, -0.25) is 4.79 Å². The number of amides is 1. The molecule has 0 unspecified atom stereocenters. The first-order valence-corrected chi connectivity index (χ1v) is 12.6. The number of fused-ring (bicyclic) bond motifs is 1. The van der Waals surface area contributed by atoms with Crippen molar-refractivity contribution in [1.82, 2.24) is 9.62 Å². The number of nitrogens with zero attached hydrogens (tertiary/aromatic N) is 1. The van der Waals surface area contributed by atoms with Crippen molar-refractivity contribution in [2.75, 3.05) is 32.0 Å². The molecule has 0 saturated carbocycles. The van der Waals surface area contributed by atoms with Gasteiger partial charge in [-0.25, -0.2) is 13.1 Å². The highest BCUT2D eigenvalue weighted by atomic mass is 32.2. The number of unbranched alkanes of at least 4 members (excludes halogenated alkanes) is 1. The molecule has 3 rings (SSSR count). The van der Waals surface area contributed by atoms with E-state index in [0.717, 1.165) is 12.8 Å². The molecule has 0 aromatic heterocycles. The van der Waals surface area contributed by atoms with Crippen molar-refractivity contribution < 1.29 is 35.9 Å². The second-order valence-corrected chi connectivity index (χ2v) is 9.77. The van der Waals surface area contributed by atoms with Crippen LogP contribution >= 0.6 is 0 Å². The van der Waals surface area contributed by atoms with E-state index in [9.17, 15) is 26.4 Å². The van der Waals surface area contributed by atoms with E-state index in [0.29, 0.717) is 35.5 Å². The molecule has 0 saturated heterocycles. The number of hydrogen-bond donors (Lipinski definition) is 1. The summed E-state index contributed by atoms with van der Waals surface area (Å²) in [7, 11) is -3.40.